The molecule has 5 nitrogen and oxygen atoms in total. The molecule has 1 N–H and O–H groups in total. The van der Waals surface area contributed by atoms with Crippen molar-refractivity contribution in [3.63, 3.8) is 0 Å². The van der Waals surface area contributed by atoms with Crippen molar-refractivity contribution in [2.75, 3.05) is 0 Å². The van der Waals surface area contributed by atoms with E-state index in [0.717, 1.165) is 21.6 Å². The maximum Gasteiger partial charge on any atom is 0.265 e. The van der Waals surface area contributed by atoms with Crippen LogP contribution in [0.1, 0.15) is 48.5 Å². The molecule has 0 spiro atoms. The second-order valence-electron chi connectivity index (χ2n) is 7.96. The molecule has 0 saturated carbocycles. The van der Waals surface area contributed by atoms with E-state index in [1.54, 1.807) is 30.3 Å². The summed E-state index contributed by atoms with van der Waals surface area (Å²) in [5.41, 5.74) is 5.99. The van der Waals surface area contributed by atoms with Gasteiger partial charge in [0.2, 0.25) is 5.91 Å². The molecule has 1 aliphatic heterocycles. The van der Waals surface area contributed by atoms with Gasteiger partial charge in [-0.25, -0.2) is 4.90 Å². The minimum absolute atomic E-state index is 0.0651. The van der Waals surface area contributed by atoms with Gasteiger partial charge in [0, 0.05) is 12.7 Å². The highest BCUT2D eigenvalue weighted by atomic mass is 16.2. The molecule has 4 rings (SSSR count). The van der Waals surface area contributed by atoms with Crippen LogP contribution in [0.2, 0.25) is 0 Å². The largest absolute Gasteiger partial charge is 0.352 e. The van der Waals surface area contributed by atoms with Gasteiger partial charge < -0.3 is 5.32 Å². The topological polar surface area (TPSA) is 66.5 Å². The van der Waals surface area contributed by atoms with Gasteiger partial charge in [-0.3, -0.25) is 14.4 Å². The van der Waals surface area contributed by atoms with Crippen LogP contribution in [0.25, 0.3) is 6.08 Å². The van der Waals surface area contributed by atoms with Crippen molar-refractivity contribution < 1.29 is 14.4 Å². The summed E-state index contributed by atoms with van der Waals surface area (Å²) in [6, 6.07) is 20.4. The fourth-order valence-corrected chi connectivity index (χ4v) is 3.67. The third-order valence-electron chi connectivity index (χ3n) is 5.62. The Hall–Kier alpha value is -3.99. The summed E-state index contributed by atoms with van der Waals surface area (Å²) in [5.74, 6) is -0.725. The Balaban J connectivity index is 1.38. The van der Waals surface area contributed by atoms with Crippen molar-refractivity contribution in [3.8, 4) is 0 Å². The Morgan fingerprint density at radius 2 is 1.56 bits per heavy atom. The normalized spacial score (nSPS) is 13.0. The van der Waals surface area contributed by atoms with Crippen LogP contribution in [0.4, 0.5) is 0 Å². The first-order valence-electron chi connectivity index (χ1n) is 10.5. The van der Waals surface area contributed by atoms with Crippen molar-refractivity contribution >= 4 is 23.8 Å². The lowest BCUT2D eigenvalue weighted by Gasteiger charge is -2.09. The van der Waals surface area contributed by atoms with Crippen LogP contribution in [0.15, 0.2) is 72.9 Å². The molecular weight excluding hydrogens is 400 g/mol. The molecule has 0 aliphatic carbocycles. The predicted molar refractivity (Wildman–Crippen MR) is 124 cm³/mol. The van der Waals surface area contributed by atoms with Gasteiger partial charge in [0.25, 0.3) is 11.8 Å². The summed E-state index contributed by atoms with van der Waals surface area (Å²) in [4.78, 5) is 38.5. The number of benzene rings is 3. The van der Waals surface area contributed by atoms with Gasteiger partial charge >= 0.3 is 0 Å². The lowest BCUT2D eigenvalue weighted by molar-refractivity contribution is -0.120. The fraction of sp³-hybridized carbons (Fsp3) is 0.148. The van der Waals surface area contributed by atoms with E-state index in [2.05, 4.69) is 31.3 Å². The Bertz CT molecular complexity index is 1210. The molecule has 0 saturated heterocycles. The second-order valence-corrected chi connectivity index (χ2v) is 7.96. The highest BCUT2D eigenvalue weighted by molar-refractivity contribution is 6.22. The highest BCUT2D eigenvalue weighted by Crippen LogP contribution is 2.23. The molecule has 3 aromatic rings. The van der Waals surface area contributed by atoms with Crippen molar-refractivity contribution in [1.82, 2.24) is 10.2 Å². The van der Waals surface area contributed by atoms with Crippen LogP contribution in [-0.4, -0.2) is 22.6 Å². The van der Waals surface area contributed by atoms with Gasteiger partial charge in [0.1, 0.15) is 0 Å². The molecule has 160 valence electrons. The molecule has 3 amide bonds. The van der Waals surface area contributed by atoms with Crippen LogP contribution in [0.3, 0.4) is 0 Å². The first kappa shape index (κ1) is 21.2. The SMILES string of the molecule is Cc1ccc(CNC(=O)Cc2cccc(C=CN3C(=O)c4ccccc4C3=O)c2)cc1C. The minimum Gasteiger partial charge on any atom is -0.352 e. The Morgan fingerprint density at radius 1 is 0.844 bits per heavy atom. The molecule has 32 heavy (non-hydrogen) atoms. The van der Waals surface area contributed by atoms with Gasteiger partial charge in [-0.2, -0.15) is 0 Å². The highest BCUT2D eigenvalue weighted by Gasteiger charge is 2.33. The summed E-state index contributed by atoms with van der Waals surface area (Å²) in [7, 11) is 0. The van der Waals surface area contributed by atoms with E-state index < -0.39 is 0 Å². The van der Waals surface area contributed by atoms with E-state index in [1.165, 1.54) is 17.3 Å². The van der Waals surface area contributed by atoms with E-state index in [4.69, 9.17) is 0 Å². The number of imide groups is 1. The number of fused-ring (bicyclic) bond motifs is 1. The van der Waals surface area contributed by atoms with Crippen LogP contribution in [-0.2, 0) is 17.8 Å². The van der Waals surface area contributed by atoms with E-state index in [1.807, 2.05) is 30.3 Å². The first-order chi connectivity index (χ1) is 15.4. The quantitative estimate of drug-likeness (QED) is 0.596. The van der Waals surface area contributed by atoms with Crippen LogP contribution < -0.4 is 5.32 Å². The van der Waals surface area contributed by atoms with Gasteiger partial charge in [0.05, 0.1) is 17.5 Å². The first-order valence-corrected chi connectivity index (χ1v) is 10.5. The maximum atomic E-state index is 12.5. The number of amides is 3. The second kappa shape index (κ2) is 9.02. The zero-order chi connectivity index (χ0) is 22.7. The molecular formula is C27H24N2O3. The number of nitrogens with one attached hydrogen (secondary N) is 1. The summed E-state index contributed by atoms with van der Waals surface area (Å²) < 4.78 is 0. The lowest BCUT2D eigenvalue weighted by Crippen LogP contribution is -2.24. The number of carbonyl (C=O) groups is 3. The molecule has 0 radical (unpaired) electrons. The van der Waals surface area contributed by atoms with Crippen molar-refractivity contribution in [2.24, 2.45) is 0 Å². The zero-order valence-electron chi connectivity index (χ0n) is 18.1. The molecule has 0 fully saturated rings. The molecule has 3 aromatic carbocycles. The van der Waals surface area contributed by atoms with Gasteiger partial charge in [-0.15, -0.1) is 0 Å². The standard InChI is InChI=1S/C27H24N2O3/c1-18-10-11-22(14-19(18)2)17-28-25(30)16-21-7-5-6-20(15-21)12-13-29-26(31)23-8-3-4-9-24(23)27(29)32/h3-15H,16-17H2,1-2H3,(H,28,30). The van der Waals surface area contributed by atoms with Gasteiger partial charge in [0.15, 0.2) is 0 Å². The summed E-state index contributed by atoms with van der Waals surface area (Å²) in [6.07, 6.45) is 3.45. The van der Waals surface area contributed by atoms with Crippen LogP contribution >= 0.6 is 0 Å². The molecule has 5 heteroatoms. The number of carbonyl (C=O) groups excluding carboxylic acids is 3. The summed E-state index contributed by atoms with van der Waals surface area (Å²) in [6.45, 7) is 4.61. The number of rotatable bonds is 6. The van der Waals surface area contributed by atoms with E-state index in [-0.39, 0.29) is 24.1 Å². The number of hydrogen-bond donors (Lipinski definition) is 1. The fourth-order valence-electron chi connectivity index (χ4n) is 3.67. The minimum atomic E-state index is -0.330. The number of hydrogen-bond acceptors (Lipinski definition) is 3. The Kier molecular flexibility index (Phi) is 5.99. The Labute approximate surface area is 187 Å². The van der Waals surface area contributed by atoms with Crippen LogP contribution in [0, 0.1) is 13.8 Å². The van der Waals surface area contributed by atoms with Crippen molar-refractivity contribution in [3.05, 3.63) is 112 Å². The summed E-state index contributed by atoms with van der Waals surface area (Å²) in [5, 5.41) is 2.96. The van der Waals surface area contributed by atoms with Crippen molar-refractivity contribution in [2.45, 2.75) is 26.8 Å². The Morgan fingerprint density at radius 3 is 2.25 bits per heavy atom. The molecule has 0 unspecified atom stereocenters. The number of nitrogens with zero attached hydrogens (tertiary/aromatic N) is 1. The average molecular weight is 425 g/mol. The molecule has 1 aliphatic rings. The third kappa shape index (κ3) is 4.52. The molecule has 0 atom stereocenters. The zero-order valence-corrected chi connectivity index (χ0v) is 18.1. The molecule has 0 bridgehead atoms. The van der Waals surface area contributed by atoms with Gasteiger partial charge in [-0.1, -0.05) is 54.6 Å². The predicted octanol–water partition coefficient (Wildman–Crippen LogP) is 4.43. The van der Waals surface area contributed by atoms with Gasteiger partial charge in [-0.05, 0) is 59.9 Å². The summed E-state index contributed by atoms with van der Waals surface area (Å²) >= 11 is 0. The van der Waals surface area contributed by atoms with Crippen molar-refractivity contribution in [1.29, 1.82) is 0 Å². The maximum absolute atomic E-state index is 12.5. The average Bonchev–Trinajstić information content (AvgIpc) is 3.03. The smallest absolute Gasteiger partial charge is 0.265 e. The lowest BCUT2D eigenvalue weighted by atomic mass is 10.1. The monoisotopic (exact) mass is 424 g/mol. The van der Waals surface area contributed by atoms with E-state index in [0.29, 0.717) is 17.7 Å². The molecule has 1 heterocycles. The molecule has 0 aromatic heterocycles. The third-order valence-corrected chi connectivity index (χ3v) is 5.62. The van der Waals surface area contributed by atoms with E-state index >= 15 is 0 Å². The van der Waals surface area contributed by atoms with E-state index in [9.17, 15) is 14.4 Å². The number of aryl methyl sites for hydroxylation is 2. The van der Waals surface area contributed by atoms with Crippen LogP contribution in [0.5, 0.6) is 0 Å².